The number of nitrogens with zero attached hydrogens (tertiary/aromatic N) is 2. The monoisotopic (exact) mass is 361 g/mol. The topological polar surface area (TPSA) is 93.5 Å². The summed E-state index contributed by atoms with van der Waals surface area (Å²) in [6.07, 6.45) is 2.36. The van der Waals surface area contributed by atoms with Crippen LogP contribution in [0.1, 0.15) is 33.7 Å². The van der Waals surface area contributed by atoms with Crippen molar-refractivity contribution in [1.29, 1.82) is 0 Å². The second-order valence-electron chi connectivity index (χ2n) is 6.15. The van der Waals surface area contributed by atoms with Gasteiger partial charge in [0.2, 0.25) is 0 Å². The highest BCUT2D eigenvalue weighted by atomic mass is 19.1. The average Bonchev–Trinajstić information content (AvgIpc) is 3.17. The average molecular weight is 361 g/mol. The van der Waals surface area contributed by atoms with Crippen molar-refractivity contribution in [1.82, 2.24) is 15.1 Å². The lowest BCUT2D eigenvalue weighted by Crippen LogP contribution is -2.29. The van der Waals surface area contributed by atoms with Crippen molar-refractivity contribution in [3.05, 3.63) is 46.5 Å². The first kappa shape index (κ1) is 18.1. The van der Waals surface area contributed by atoms with Gasteiger partial charge in [-0.1, -0.05) is 12.1 Å². The first-order valence-electron chi connectivity index (χ1n) is 8.43. The molecular formula is C18H20FN3O4. The number of para-hydroxylation sites is 1. The second kappa shape index (κ2) is 7.65. The molecule has 1 amide bonds. The molecule has 0 aliphatic heterocycles. The maximum Gasteiger partial charge on any atom is 0.329 e. The standard InChI is InChI=1S/C18H20FN3O4/c1-11-4-2-6-13(19)17(11)22-14-7-3-5-12(14)16(21-22)18(25)20-8-9-26-10-15(23)24/h2,4,6H,3,5,7-10H2,1H3,(H,20,25)(H,23,24). The molecule has 26 heavy (non-hydrogen) atoms. The van der Waals surface area contributed by atoms with Crippen LogP contribution in [-0.2, 0) is 22.4 Å². The van der Waals surface area contributed by atoms with Crippen molar-refractivity contribution in [3.63, 3.8) is 0 Å². The fourth-order valence-corrected chi connectivity index (χ4v) is 3.18. The summed E-state index contributed by atoms with van der Waals surface area (Å²) in [5, 5.41) is 15.6. The summed E-state index contributed by atoms with van der Waals surface area (Å²) >= 11 is 0. The highest BCUT2D eigenvalue weighted by Crippen LogP contribution is 2.29. The third kappa shape index (κ3) is 3.60. The Bertz CT molecular complexity index is 827. The van der Waals surface area contributed by atoms with E-state index < -0.39 is 12.6 Å². The van der Waals surface area contributed by atoms with Gasteiger partial charge in [0.05, 0.1) is 6.61 Å². The van der Waals surface area contributed by atoms with Gasteiger partial charge in [0, 0.05) is 17.8 Å². The van der Waals surface area contributed by atoms with Gasteiger partial charge in [0.25, 0.3) is 5.91 Å². The predicted molar refractivity (Wildman–Crippen MR) is 91.1 cm³/mol. The molecule has 1 aromatic heterocycles. The Morgan fingerprint density at radius 3 is 2.92 bits per heavy atom. The Morgan fingerprint density at radius 2 is 2.19 bits per heavy atom. The first-order chi connectivity index (χ1) is 12.5. The van der Waals surface area contributed by atoms with Gasteiger partial charge in [-0.15, -0.1) is 0 Å². The number of hydrogen-bond donors (Lipinski definition) is 2. The Morgan fingerprint density at radius 1 is 1.38 bits per heavy atom. The summed E-state index contributed by atoms with van der Waals surface area (Å²) in [7, 11) is 0. The number of carboxylic acids is 1. The number of nitrogens with one attached hydrogen (secondary N) is 1. The maximum atomic E-state index is 14.3. The van der Waals surface area contributed by atoms with E-state index in [2.05, 4.69) is 10.4 Å². The number of carbonyl (C=O) groups excluding carboxylic acids is 1. The number of rotatable bonds is 7. The zero-order chi connectivity index (χ0) is 18.7. The second-order valence-corrected chi connectivity index (χ2v) is 6.15. The summed E-state index contributed by atoms with van der Waals surface area (Å²) in [4.78, 5) is 22.8. The van der Waals surface area contributed by atoms with Crippen LogP contribution < -0.4 is 5.32 Å². The number of aryl methyl sites for hydroxylation is 1. The number of amides is 1. The Balaban J connectivity index is 1.79. The molecule has 0 fully saturated rings. The van der Waals surface area contributed by atoms with Gasteiger partial charge in [0.15, 0.2) is 5.69 Å². The van der Waals surface area contributed by atoms with E-state index in [-0.39, 0.29) is 24.9 Å². The molecule has 138 valence electrons. The molecule has 0 saturated heterocycles. The van der Waals surface area contributed by atoms with Crippen molar-refractivity contribution in [2.24, 2.45) is 0 Å². The summed E-state index contributed by atoms with van der Waals surface area (Å²) in [5.74, 6) is -1.81. The molecule has 0 radical (unpaired) electrons. The van der Waals surface area contributed by atoms with Gasteiger partial charge >= 0.3 is 5.97 Å². The SMILES string of the molecule is Cc1cccc(F)c1-n1nc(C(=O)NCCOCC(=O)O)c2c1CCC2. The van der Waals surface area contributed by atoms with Crippen LogP contribution >= 0.6 is 0 Å². The lowest BCUT2D eigenvalue weighted by molar-refractivity contribution is -0.142. The first-order valence-corrected chi connectivity index (χ1v) is 8.43. The fraction of sp³-hybridized carbons (Fsp3) is 0.389. The molecule has 2 N–H and O–H groups in total. The molecule has 0 spiro atoms. The molecule has 0 saturated carbocycles. The highest BCUT2D eigenvalue weighted by molar-refractivity contribution is 5.94. The molecule has 3 rings (SSSR count). The molecule has 0 unspecified atom stereocenters. The van der Waals surface area contributed by atoms with Gasteiger partial charge in [-0.25, -0.2) is 13.9 Å². The van der Waals surface area contributed by atoms with Gasteiger partial charge in [-0.3, -0.25) is 4.79 Å². The highest BCUT2D eigenvalue weighted by Gasteiger charge is 2.28. The van der Waals surface area contributed by atoms with Crippen LogP contribution in [0.2, 0.25) is 0 Å². The molecule has 8 heteroatoms. The van der Waals surface area contributed by atoms with E-state index in [1.165, 1.54) is 6.07 Å². The predicted octanol–water partition coefficient (Wildman–Crippen LogP) is 1.64. The normalized spacial score (nSPS) is 12.8. The van der Waals surface area contributed by atoms with Gasteiger partial charge in [0.1, 0.15) is 18.1 Å². The van der Waals surface area contributed by atoms with Gasteiger partial charge < -0.3 is 15.2 Å². The van der Waals surface area contributed by atoms with E-state index in [4.69, 9.17) is 9.84 Å². The van der Waals surface area contributed by atoms with Crippen molar-refractivity contribution < 1.29 is 23.8 Å². The van der Waals surface area contributed by atoms with Crippen molar-refractivity contribution in [2.75, 3.05) is 19.8 Å². The van der Waals surface area contributed by atoms with E-state index >= 15 is 0 Å². The van der Waals surface area contributed by atoms with E-state index in [0.717, 1.165) is 36.1 Å². The lowest BCUT2D eigenvalue weighted by atomic mass is 10.1. The van der Waals surface area contributed by atoms with Crippen LogP contribution in [0.15, 0.2) is 18.2 Å². The molecular weight excluding hydrogens is 341 g/mol. The van der Waals surface area contributed by atoms with Crippen LogP contribution in [0.25, 0.3) is 5.69 Å². The van der Waals surface area contributed by atoms with Crippen LogP contribution in [0.3, 0.4) is 0 Å². The van der Waals surface area contributed by atoms with E-state index in [9.17, 15) is 14.0 Å². The number of carboxylic acid groups (broad SMARTS) is 1. The number of carbonyl (C=O) groups is 2. The largest absolute Gasteiger partial charge is 0.480 e. The fourth-order valence-electron chi connectivity index (χ4n) is 3.18. The molecule has 0 bridgehead atoms. The third-order valence-electron chi connectivity index (χ3n) is 4.30. The number of fused-ring (bicyclic) bond motifs is 1. The molecule has 1 heterocycles. The van der Waals surface area contributed by atoms with E-state index in [1.54, 1.807) is 23.7 Å². The number of benzene rings is 1. The maximum absolute atomic E-state index is 14.3. The molecule has 1 aliphatic carbocycles. The van der Waals surface area contributed by atoms with Crippen molar-refractivity contribution in [3.8, 4) is 5.69 Å². The molecule has 1 aromatic carbocycles. The van der Waals surface area contributed by atoms with Crippen LogP contribution in [0, 0.1) is 12.7 Å². The van der Waals surface area contributed by atoms with Crippen LogP contribution in [-0.4, -0.2) is 46.5 Å². The molecule has 7 nitrogen and oxygen atoms in total. The number of hydrogen-bond acceptors (Lipinski definition) is 4. The minimum atomic E-state index is -1.06. The van der Waals surface area contributed by atoms with E-state index in [0.29, 0.717) is 11.4 Å². The quantitative estimate of drug-likeness (QED) is 0.732. The number of halogens is 1. The van der Waals surface area contributed by atoms with Gasteiger partial charge in [-0.05, 0) is 37.8 Å². The minimum absolute atomic E-state index is 0.0906. The van der Waals surface area contributed by atoms with Crippen molar-refractivity contribution >= 4 is 11.9 Å². The minimum Gasteiger partial charge on any atom is -0.480 e. The zero-order valence-corrected chi connectivity index (χ0v) is 14.4. The molecule has 0 atom stereocenters. The number of aromatic nitrogens is 2. The Labute approximate surface area is 149 Å². The Kier molecular flexibility index (Phi) is 5.32. The number of ether oxygens (including phenoxy) is 1. The molecule has 2 aromatic rings. The van der Waals surface area contributed by atoms with Crippen LogP contribution in [0.4, 0.5) is 4.39 Å². The summed E-state index contributed by atoms with van der Waals surface area (Å²) in [6.45, 7) is 1.66. The van der Waals surface area contributed by atoms with Gasteiger partial charge in [-0.2, -0.15) is 5.10 Å². The lowest BCUT2D eigenvalue weighted by Gasteiger charge is -2.10. The summed E-state index contributed by atoms with van der Waals surface area (Å²) in [5.41, 5.74) is 3.12. The Hall–Kier alpha value is -2.74. The third-order valence-corrected chi connectivity index (χ3v) is 4.30. The summed E-state index contributed by atoms with van der Waals surface area (Å²) < 4.78 is 20.8. The van der Waals surface area contributed by atoms with E-state index in [1.807, 2.05) is 0 Å². The number of aliphatic carboxylic acids is 1. The molecule has 1 aliphatic rings. The smallest absolute Gasteiger partial charge is 0.329 e. The van der Waals surface area contributed by atoms with Crippen molar-refractivity contribution in [2.45, 2.75) is 26.2 Å². The summed E-state index contributed by atoms with van der Waals surface area (Å²) in [6, 6.07) is 4.83. The zero-order valence-electron chi connectivity index (χ0n) is 14.4. The van der Waals surface area contributed by atoms with Crippen LogP contribution in [0.5, 0.6) is 0 Å².